The van der Waals surface area contributed by atoms with Gasteiger partial charge in [0.2, 0.25) is 5.88 Å². The van der Waals surface area contributed by atoms with Crippen molar-refractivity contribution in [3.63, 3.8) is 0 Å². The van der Waals surface area contributed by atoms with Gasteiger partial charge in [0.05, 0.1) is 19.3 Å². The SMILES string of the molecule is COc1ccc(C(NC(=O)c2ncccc2C)C2CC(O)C2)cn1. The molecule has 1 fully saturated rings. The Hall–Kier alpha value is -2.47. The molecule has 6 nitrogen and oxygen atoms in total. The molecular weight excluding hydrogens is 306 g/mol. The largest absolute Gasteiger partial charge is 0.481 e. The zero-order chi connectivity index (χ0) is 17.1. The predicted molar refractivity (Wildman–Crippen MR) is 88.7 cm³/mol. The molecule has 2 heterocycles. The molecule has 0 saturated heterocycles. The second kappa shape index (κ2) is 6.97. The highest BCUT2D eigenvalue weighted by atomic mass is 16.5. The minimum Gasteiger partial charge on any atom is -0.481 e. The van der Waals surface area contributed by atoms with E-state index in [2.05, 4.69) is 15.3 Å². The quantitative estimate of drug-likeness (QED) is 0.878. The molecule has 6 heteroatoms. The van der Waals surface area contributed by atoms with Gasteiger partial charge in [-0.15, -0.1) is 0 Å². The number of aryl methyl sites for hydroxylation is 1. The van der Waals surface area contributed by atoms with E-state index >= 15 is 0 Å². The Morgan fingerprint density at radius 2 is 2.12 bits per heavy atom. The number of nitrogens with one attached hydrogen (secondary N) is 1. The Kier molecular flexibility index (Phi) is 4.76. The fourth-order valence-corrected chi connectivity index (χ4v) is 3.00. The van der Waals surface area contributed by atoms with Gasteiger partial charge in [-0.25, -0.2) is 4.98 Å². The van der Waals surface area contributed by atoms with Crippen molar-refractivity contribution in [3.05, 3.63) is 53.5 Å². The number of aliphatic hydroxyl groups is 1. The van der Waals surface area contributed by atoms with Crippen LogP contribution in [-0.4, -0.2) is 34.2 Å². The number of pyridine rings is 2. The molecule has 3 rings (SSSR count). The number of amides is 1. The first-order valence-electron chi connectivity index (χ1n) is 7.99. The van der Waals surface area contributed by atoms with Crippen molar-refractivity contribution in [2.45, 2.75) is 31.9 Å². The van der Waals surface area contributed by atoms with Gasteiger partial charge in [0.15, 0.2) is 0 Å². The Morgan fingerprint density at radius 1 is 1.33 bits per heavy atom. The second-order valence-corrected chi connectivity index (χ2v) is 6.14. The summed E-state index contributed by atoms with van der Waals surface area (Å²) in [6, 6.07) is 7.13. The molecule has 1 unspecified atom stereocenters. The highest BCUT2D eigenvalue weighted by Gasteiger charge is 2.36. The molecule has 0 bridgehead atoms. The Bertz CT molecular complexity index is 712. The number of hydrogen-bond acceptors (Lipinski definition) is 5. The van der Waals surface area contributed by atoms with Gasteiger partial charge >= 0.3 is 0 Å². The molecule has 1 atom stereocenters. The molecule has 1 saturated carbocycles. The maximum atomic E-state index is 12.6. The van der Waals surface area contributed by atoms with E-state index in [-0.39, 0.29) is 24.0 Å². The minimum atomic E-state index is -0.294. The molecule has 2 N–H and O–H groups in total. The van der Waals surface area contributed by atoms with Crippen LogP contribution in [0.5, 0.6) is 5.88 Å². The lowest BCUT2D eigenvalue weighted by Crippen LogP contribution is -2.41. The fraction of sp³-hybridized carbons (Fsp3) is 0.389. The lowest BCUT2D eigenvalue weighted by atomic mass is 9.75. The molecule has 1 aliphatic carbocycles. The standard InChI is InChI=1S/C18H21N3O3/c1-11-4-3-7-19-16(11)18(23)21-17(13-8-14(22)9-13)12-5-6-15(24-2)20-10-12/h3-7,10,13-14,17,22H,8-9H2,1-2H3,(H,21,23). The summed E-state index contributed by atoms with van der Waals surface area (Å²) in [5.41, 5.74) is 2.15. The smallest absolute Gasteiger partial charge is 0.270 e. The Morgan fingerprint density at radius 3 is 2.71 bits per heavy atom. The first-order valence-corrected chi connectivity index (χ1v) is 7.99. The summed E-state index contributed by atoms with van der Waals surface area (Å²) in [4.78, 5) is 21.0. The summed E-state index contributed by atoms with van der Waals surface area (Å²) in [5, 5.41) is 12.7. The third kappa shape index (κ3) is 3.38. The van der Waals surface area contributed by atoms with E-state index in [0.717, 1.165) is 11.1 Å². The number of aliphatic hydroxyl groups excluding tert-OH is 1. The van der Waals surface area contributed by atoms with Crippen molar-refractivity contribution in [1.82, 2.24) is 15.3 Å². The molecule has 0 aliphatic heterocycles. The maximum Gasteiger partial charge on any atom is 0.270 e. The lowest BCUT2D eigenvalue weighted by molar-refractivity contribution is 0.0234. The van der Waals surface area contributed by atoms with Gasteiger partial charge in [0, 0.05) is 18.5 Å². The third-order valence-corrected chi connectivity index (χ3v) is 4.46. The molecule has 2 aromatic heterocycles. The van der Waals surface area contributed by atoms with Gasteiger partial charge in [0.1, 0.15) is 5.69 Å². The van der Waals surface area contributed by atoms with Crippen LogP contribution >= 0.6 is 0 Å². The van der Waals surface area contributed by atoms with Crippen LogP contribution in [0, 0.1) is 12.8 Å². The minimum absolute atomic E-state index is 0.183. The molecule has 1 aliphatic rings. The van der Waals surface area contributed by atoms with Gasteiger partial charge in [-0.05, 0) is 42.9 Å². The first-order chi connectivity index (χ1) is 11.6. The topological polar surface area (TPSA) is 84.3 Å². The third-order valence-electron chi connectivity index (χ3n) is 4.46. The summed E-state index contributed by atoms with van der Waals surface area (Å²) in [6.45, 7) is 1.86. The summed E-state index contributed by atoms with van der Waals surface area (Å²) in [7, 11) is 1.56. The summed E-state index contributed by atoms with van der Waals surface area (Å²) >= 11 is 0. The number of methoxy groups -OCH3 is 1. The molecule has 0 spiro atoms. The van der Waals surface area contributed by atoms with Gasteiger partial charge in [0.25, 0.3) is 5.91 Å². The maximum absolute atomic E-state index is 12.6. The Balaban J connectivity index is 1.82. The molecule has 126 valence electrons. The van der Waals surface area contributed by atoms with E-state index < -0.39 is 0 Å². The average molecular weight is 327 g/mol. The lowest BCUT2D eigenvalue weighted by Gasteiger charge is -2.38. The molecular formula is C18H21N3O3. The second-order valence-electron chi connectivity index (χ2n) is 6.14. The highest BCUT2D eigenvalue weighted by Crippen LogP contribution is 2.38. The fourth-order valence-electron chi connectivity index (χ4n) is 3.00. The van der Waals surface area contributed by atoms with Crippen LogP contribution in [0.25, 0.3) is 0 Å². The molecule has 2 aromatic rings. The van der Waals surface area contributed by atoms with Gasteiger partial charge in [-0.3, -0.25) is 9.78 Å². The van der Waals surface area contributed by atoms with Crippen LogP contribution in [0.4, 0.5) is 0 Å². The number of nitrogens with zero attached hydrogens (tertiary/aromatic N) is 2. The van der Waals surface area contributed by atoms with E-state index in [1.54, 1.807) is 31.6 Å². The van der Waals surface area contributed by atoms with E-state index in [1.807, 2.05) is 19.1 Å². The van der Waals surface area contributed by atoms with Crippen molar-refractivity contribution in [3.8, 4) is 5.88 Å². The Labute approximate surface area is 140 Å². The molecule has 1 amide bonds. The number of carbonyl (C=O) groups is 1. The van der Waals surface area contributed by atoms with E-state index in [9.17, 15) is 9.90 Å². The van der Waals surface area contributed by atoms with E-state index in [4.69, 9.17) is 4.74 Å². The molecule has 0 aromatic carbocycles. The number of aromatic nitrogens is 2. The van der Waals surface area contributed by atoms with Crippen molar-refractivity contribution in [2.24, 2.45) is 5.92 Å². The van der Waals surface area contributed by atoms with Gasteiger partial charge < -0.3 is 15.2 Å². The van der Waals surface area contributed by atoms with Crippen LogP contribution in [0.2, 0.25) is 0 Å². The highest BCUT2D eigenvalue weighted by molar-refractivity contribution is 5.93. The van der Waals surface area contributed by atoms with Gasteiger partial charge in [-0.2, -0.15) is 0 Å². The summed E-state index contributed by atoms with van der Waals surface area (Å²) < 4.78 is 5.08. The number of hydrogen-bond donors (Lipinski definition) is 2. The van der Waals surface area contributed by atoms with Crippen LogP contribution < -0.4 is 10.1 Å². The van der Waals surface area contributed by atoms with E-state index in [1.165, 1.54) is 0 Å². The van der Waals surface area contributed by atoms with Crippen LogP contribution in [0.1, 0.15) is 40.5 Å². The van der Waals surface area contributed by atoms with Crippen molar-refractivity contribution in [1.29, 1.82) is 0 Å². The van der Waals surface area contributed by atoms with Crippen molar-refractivity contribution in [2.75, 3.05) is 7.11 Å². The zero-order valence-corrected chi connectivity index (χ0v) is 13.8. The number of carbonyl (C=O) groups excluding carboxylic acids is 1. The van der Waals surface area contributed by atoms with Crippen molar-refractivity contribution < 1.29 is 14.6 Å². The van der Waals surface area contributed by atoms with E-state index in [0.29, 0.717) is 24.4 Å². The summed E-state index contributed by atoms with van der Waals surface area (Å²) in [5.74, 6) is 0.497. The molecule has 24 heavy (non-hydrogen) atoms. The monoisotopic (exact) mass is 327 g/mol. The summed E-state index contributed by atoms with van der Waals surface area (Å²) in [6.07, 6.45) is 4.35. The first kappa shape index (κ1) is 16.4. The predicted octanol–water partition coefficient (Wildman–Crippen LogP) is 2.04. The zero-order valence-electron chi connectivity index (χ0n) is 13.8. The van der Waals surface area contributed by atoms with Crippen LogP contribution in [0.15, 0.2) is 36.7 Å². The average Bonchev–Trinajstić information content (AvgIpc) is 2.57. The van der Waals surface area contributed by atoms with Crippen LogP contribution in [0.3, 0.4) is 0 Å². The van der Waals surface area contributed by atoms with Gasteiger partial charge in [-0.1, -0.05) is 12.1 Å². The number of ether oxygens (including phenoxy) is 1. The number of rotatable bonds is 5. The normalized spacial score (nSPS) is 20.8. The van der Waals surface area contributed by atoms with Crippen LogP contribution in [-0.2, 0) is 0 Å². The molecule has 0 radical (unpaired) electrons. The van der Waals surface area contributed by atoms with Crippen molar-refractivity contribution >= 4 is 5.91 Å².